The van der Waals surface area contributed by atoms with Crippen molar-refractivity contribution in [3.63, 3.8) is 0 Å². The number of hydrazone groups is 1. The summed E-state index contributed by atoms with van der Waals surface area (Å²) >= 11 is 1.28. The van der Waals surface area contributed by atoms with E-state index in [0.29, 0.717) is 16.7 Å². The summed E-state index contributed by atoms with van der Waals surface area (Å²) in [4.78, 5) is 16.3. The smallest absolute Gasteiger partial charge is 0.240 e. The van der Waals surface area contributed by atoms with E-state index in [4.69, 9.17) is 0 Å². The predicted octanol–water partition coefficient (Wildman–Crippen LogP) is 3.62. The molecule has 0 unspecified atom stereocenters. The highest BCUT2D eigenvalue weighted by Crippen LogP contribution is 2.16. The van der Waals surface area contributed by atoms with Crippen molar-refractivity contribution < 1.29 is 4.79 Å². The van der Waals surface area contributed by atoms with E-state index in [0.717, 1.165) is 11.3 Å². The van der Waals surface area contributed by atoms with E-state index in [-0.39, 0.29) is 11.5 Å². The molecule has 6 nitrogen and oxygen atoms in total. The highest BCUT2D eigenvalue weighted by Gasteiger charge is 2.09. The van der Waals surface area contributed by atoms with Crippen LogP contribution in [-0.4, -0.2) is 32.4 Å². The maximum atomic E-state index is 12.1. The number of ketones is 1. The lowest BCUT2D eigenvalue weighted by Crippen LogP contribution is -2.02. The Hall–Kier alpha value is -2.93. The van der Waals surface area contributed by atoms with Gasteiger partial charge in [0.25, 0.3) is 0 Å². The minimum atomic E-state index is 0.0443. The number of nitrogens with zero attached hydrogens (tertiary/aromatic N) is 3. The summed E-state index contributed by atoms with van der Waals surface area (Å²) < 4.78 is 0. The summed E-state index contributed by atoms with van der Waals surface area (Å²) in [6.07, 6.45) is 0. The quantitative estimate of drug-likeness (QED) is 0.294. The number of benzene rings is 2. The van der Waals surface area contributed by atoms with E-state index in [1.165, 1.54) is 11.8 Å². The number of nitrogens with one attached hydrogen (secondary N) is 2. The van der Waals surface area contributed by atoms with Crippen LogP contribution >= 0.6 is 11.8 Å². The monoisotopic (exact) mass is 351 g/mol. The summed E-state index contributed by atoms with van der Waals surface area (Å²) in [7, 11) is 0. The van der Waals surface area contributed by atoms with Gasteiger partial charge in [-0.25, -0.2) is 10.5 Å². The zero-order valence-corrected chi connectivity index (χ0v) is 14.5. The van der Waals surface area contributed by atoms with Crippen molar-refractivity contribution in [1.82, 2.24) is 15.2 Å². The molecule has 0 radical (unpaired) electrons. The molecule has 0 fully saturated rings. The Morgan fingerprint density at radius 1 is 1.08 bits per heavy atom. The van der Waals surface area contributed by atoms with E-state index < -0.39 is 0 Å². The molecule has 0 aliphatic carbocycles. The van der Waals surface area contributed by atoms with Gasteiger partial charge in [0, 0.05) is 5.56 Å². The van der Waals surface area contributed by atoms with Crippen LogP contribution in [0, 0.1) is 0 Å². The normalized spacial score (nSPS) is 11.3. The van der Waals surface area contributed by atoms with E-state index in [2.05, 4.69) is 25.7 Å². The van der Waals surface area contributed by atoms with Crippen molar-refractivity contribution in [2.45, 2.75) is 12.1 Å². The second-order valence-electron chi connectivity index (χ2n) is 5.22. The molecule has 0 bridgehead atoms. The highest BCUT2D eigenvalue weighted by atomic mass is 32.2. The zero-order valence-electron chi connectivity index (χ0n) is 13.6. The van der Waals surface area contributed by atoms with Gasteiger partial charge < -0.3 is 0 Å². The maximum Gasteiger partial charge on any atom is 0.240 e. The van der Waals surface area contributed by atoms with E-state index in [1.54, 1.807) is 12.1 Å². The molecule has 0 saturated carbocycles. The summed E-state index contributed by atoms with van der Waals surface area (Å²) in [5.41, 5.74) is 5.39. The lowest BCUT2D eigenvalue weighted by molar-refractivity contribution is 0.102. The molecule has 7 heteroatoms. The van der Waals surface area contributed by atoms with Crippen molar-refractivity contribution in [2.75, 3.05) is 11.2 Å². The van der Waals surface area contributed by atoms with Crippen LogP contribution in [0.3, 0.4) is 0 Å². The predicted molar refractivity (Wildman–Crippen MR) is 100 cm³/mol. The van der Waals surface area contributed by atoms with Gasteiger partial charge in [-0.2, -0.15) is 10.1 Å². The van der Waals surface area contributed by atoms with Crippen molar-refractivity contribution in [3.8, 4) is 0 Å². The van der Waals surface area contributed by atoms with E-state index in [9.17, 15) is 4.79 Å². The second kappa shape index (κ2) is 8.25. The number of H-pyrrole nitrogens is 1. The first-order valence-corrected chi connectivity index (χ1v) is 8.70. The average Bonchev–Trinajstić information content (AvgIpc) is 3.13. The van der Waals surface area contributed by atoms with Crippen molar-refractivity contribution >= 4 is 29.2 Å². The Morgan fingerprint density at radius 3 is 2.40 bits per heavy atom. The minimum absolute atomic E-state index is 0.0443. The van der Waals surface area contributed by atoms with Crippen LogP contribution in [0.5, 0.6) is 0 Å². The molecule has 0 amide bonds. The number of aromatic amines is 1. The van der Waals surface area contributed by atoms with Crippen LogP contribution in [0.1, 0.15) is 22.8 Å². The van der Waals surface area contributed by atoms with Crippen LogP contribution in [0.4, 0.5) is 5.95 Å². The van der Waals surface area contributed by atoms with Gasteiger partial charge in [0.05, 0.1) is 11.5 Å². The number of rotatable bonds is 7. The number of hydrogen-bond donors (Lipinski definition) is 2. The zero-order chi connectivity index (χ0) is 17.5. The second-order valence-corrected chi connectivity index (χ2v) is 6.16. The molecule has 3 rings (SSSR count). The van der Waals surface area contributed by atoms with Gasteiger partial charge in [-0.3, -0.25) is 4.79 Å². The third-order valence-electron chi connectivity index (χ3n) is 3.41. The lowest BCUT2D eigenvalue weighted by Gasteiger charge is -2.00. The molecule has 1 heterocycles. The third-order valence-corrected chi connectivity index (χ3v) is 4.26. The fourth-order valence-electron chi connectivity index (χ4n) is 2.08. The topological polar surface area (TPSA) is 83.0 Å². The number of Topliss-reactive ketones (excluding diaryl/α,β-unsaturated/α-hetero) is 1. The number of anilines is 1. The molecule has 0 saturated heterocycles. The van der Waals surface area contributed by atoms with Gasteiger partial charge in [-0.1, -0.05) is 72.4 Å². The summed E-state index contributed by atoms with van der Waals surface area (Å²) in [6, 6.07) is 19.0. The van der Waals surface area contributed by atoms with Crippen molar-refractivity contribution in [3.05, 3.63) is 71.8 Å². The standard InChI is InChI=1S/C18H17N5OS/c1-13(14-8-4-2-5-9-14)20-21-17-19-18(23-22-17)25-12-16(24)15-10-6-3-7-11-15/h2-11H,12H2,1H3,(H2,19,21,22,23)/b20-13+. The van der Waals surface area contributed by atoms with E-state index >= 15 is 0 Å². The molecular weight excluding hydrogens is 334 g/mol. The number of hydrogen-bond acceptors (Lipinski definition) is 6. The van der Waals surface area contributed by atoms with Gasteiger partial charge in [0.2, 0.25) is 11.1 Å². The summed E-state index contributed by atoms with van der Waals surface area (Å²) in [5.74, 6) is 0.765. The molecule has 2 N–H and O–H groups in total. The molecule has 3 aromatic rings. The van der Waals surface area contributed by atoms with Gasteiger partial charge in [-0.15, -0.1) is 5.10 Å². The first-order valence-electron chi connectivity index (χ1n) is 7.71. The Labute approximate surface area is 149 Å². The van der Waals surface area contributed by atoms with Crippen LogP contribution in [0.2, 0.25) is 0 Å². The largest absolute Gasteiger partial charge is 0.293 e. The fraction of sp³-hybridized carbons (Fsp3) is 0.111. The summed E-state index contributed by atoms with van der Waals surface area (Å²) in [5, 5.41) is 11.6. The summed E-state index contributed by atoms with van der Waals surface area (Å²) in [6.45, 7) is 1.91. The van der Waals surface area contributed by atoms with Gasteiger partial charge in [-0.05, 0) is 12.5 Å². The Kier molecular flexibility index (Phi) is 5.58. The van der Waals surface area contributed by atoms with Crippen LogP contribution in [-0.2, 0) is 0 Å². The van der Waals surface area contributed by atoms with Crippen LogP contribution < -0.4 is 5.43 Å². The molecule has 0 aliphatic heterocycles. The number of carbonyl (C=O) groups is 1. The number of aromatic nitrogens is 3. The molecule has 25 heavy (non-hydrogen) atoms. The Balaban J connectivity index is 1.55. The van der Waals surface area contributed by atoms with Crippen LogP contribution in [0.15, 0.2) is 70.9 Å². The molecule has 1 aromatic heterocycles. The van der Waals surface area contributed by atoms with Crippen molar-refractivity contribution in [2.24, 2.45) is 5.10 Å². The van der Waals surface area contributed by atoms with Gasteiger partial charge in [0.1, 0.15) is 0 Å². The molecule has 2 aromatic carbocycles. The van der Waals surface area contributed by atoms with Gasteiger partial charge in [0.15, 0.2) is 5.78 Å². The van der Waals surface area contributed by atoms with E-state index in [1.807, 2.05) is 55.5 Å². The average molecular weight is 351 g/mol. The molecule has 126 valence electrons. The first kappa shape index (κ1) is 16.9. The first-order chi connectivity index (χ1) is 12.2. The number of thioether (sulfide) groups is 1. The fourth-order valence-corrected chi connectivity index (χ4v) is 2.77. The SMILES string of the molecule is C/C(=N\Nc1nc(SCC(=O)c2ccccc2)n[nH]1)c1ccccc1. The molecule has 0 spiro atoms. The molecule has 0 atom stereocenters. The van der Waals surface area contributed by atoms with Crippen LogP contribution in [0.25, 0.3) is 0 Å². The third kappa shape index (κ3) is 4.77. The highest BCUT2D eigenvalue weighted by molar-refractivity contribution is 7.99. The maximum absolute atomic E-state index is 12.1. The molecule has 0 aliphatic rings. The van der Waals surface area contributed by atoms with Gasteiger partial charge >= 0.3 is 0 Å². The molecular formula is C18H17N5OS. The Morgan fingerprint density at radius 2 is 1.72 bits per heavy atom. The Bertz CT molecular complexity index is 861. The minimum Gasteiger partial charge on any atom is -0.293 e. The number of carbonyl (C=O) groups excluding carboxylic acids is 1. The van der Waals surface area contributed by atoms with Crippen molar-refractivity contribution in [1.29, 1.82) is 0 Å². The lowest BCUT2D eigenvalue weighted by atomic mass is 10.1.